The number of aromatic hydroxyl groups is 2. The summed E-state index contributed by atoms with van der Waals surface area (Å²) in [6.07, 6.45) is 2.34. The van der Waals surface area contributed by atoms with Gasteiger partial charge in [-0.05, 0) is 33.6 Å². The highest BCUT2D eigenvalue weighted by atomic mass is 16.5. The maximum absolute atomic E-state index is 10.6. The van der Waals surface area contributed by atoms with Crippen LogP contribution in [-0.4, -0.2) is 21.9 Å². The molecule has 0 saturated heterocycles. The number of benzene rings is 2. The number of fused-ring (bicyclic) bond motifs is 2. The Labute approximate surface area is 125 Å². The molecule has 2 N–H and O–H groups in total. The first kappa shape index (κ1) is 14.2. The smallest absolute Gasteiger partial charge is 0.127 e. The lowest BCUT2D eigenvalue weighted by atomic mass is 9.85. The SMILES string of the molecule is CC(C)(C)OC1CCc2c(c(O)c3ccccc3c2O)C1. The Balaban J connectivity index is 2.06. The topological polar surface area (TPSA) is 49.7 Å². The van der Waals surface area contributed by atoms with E-state index in [4.69, 9.17) is 4.74 Å². The fourth-order valence-corrected chi connectivity index (χ4v) is 3.23. The van der Waals surface area contributed by atoms with Gasteiger partial charge in [-0.3, -0.25) is 0 Å². The number of ether oxygens (including phenoxy) is 1. The Morgan fingerprint density at radius 2 is 1.57 bits per heavy atom. The van der Waals surface area contributed by atoms with Crippen molar-refractivity contribution in [1.82, 2.24) is 0 Å². The molecule has 2 aromatic carbocycles. The van der Waals surface area contributed by atoms with Gasteiger partial charge >= 0.3 is 0 Å². The van der Waals surface area contributed by atoms with Gasteiger partial charge in [0.1, 0.15) is 11.5 Å². The molecule has 1 atom stereocenters. The summed E-state index contributed by atoms with van der Waals surface area (Å²) in [7, 11) is 0. The predicted molar refractivity (Wildman–Crippen MR) is 83.9 cm³/mol. The zero-order valence-electron chi connectivity index (χ0n) is 12.8. The molecule has 1 aliphatic rings. The predicted octanol–water partition coefficient (Wildman–Crippen LogP) is 3.92. The zero-order valence-corrected chi connectivity index (χ0v) is 12.8. The molecule has 2 aromatic rings. The molecule has 0 fully saturated rings. The maximum atomic E-state index is 10.6. The van der Waals surface area contributed by atoms with Crippen molar-refractivity contribution in [1.29, 1.82) is 0 Å². The Bertz CT molecular complexity index is 683. The molecule has 0 spiro atoms. The quantitative estimate of drug-likeness (QED) is 0.781. The maximum Gasteiger partial charge on any atom is 0.127 e. The molecule has 0 radical (unpaired) electrons. The number of phenolic OH excluding ortho intramolecular Hbond substituents is 2. The number of phenols is 2. The minimum absolute atomic E-state index is 0.0870. The third-order valence-electron chi connectivity index (χ3n) is 4.04. The van der Waals surface area contributed by atoms with Crippen LogP contribution in [0.15, 0.2) is 24.3 Å². The van der Waals surface area contributed by atoms with E-state index in [1.807, 2.05) is 45.0 Å². The van der Waals surface area contributed by atoms with E-state index in [2.05, 4.69) is 0 Å². The summed E-state index contributed by atoms with van der Waals surface area (Å²) in [6.45, 7) is 6.13. The van der Waals surface area contributed by atoms with Crippen LogP contribution in [0.3, 0.4) is 0 Å². The van der Waals surface area contributed by atoms with Crippen LogP contribution < -0.4 is 0 Å². The number of rotatable bonds is 1. The van der Waals surface area contributed by atoms with Gasteiger partial charge in [0.05, 0.1) is 11.7 Å². The van der Waals surface area contributed by atoms with Gasteiger partial charge in [-0.25, -0.2) is 0 Å². The Hall–Kier alpha value is -1.74. The van der Waals surface area contributed by atoms with E-state index in [9.17, 15) is 10.2 Å². The highest BCUT2D eigenvalue weighted by Crippen LogP contribution is 2.43. The van der Waals surface area contributed by atoms with Crippen molar-refractivity contribution in [2.75, 3.05) is 0 Å². The molecule has 3 heteroatoms. The Morgan fingerprint density at radius 3 is 2.14 bits per heavy atom. The molecule has 1 unspecified atom stereocenters. The first-order valence-electron chi connectivity index (χ1n) is 7.49. The highest BCUT2D eigenvalue weighted by Gasteiger charge is 2.29. The molecule has 3 rings (SSSR count). The van der Waals surface area contributed by atoms with Crippen molar-refractivity contribution < 1.29 is 14.9 Å². The van der Waals surface area contributed by atoms with Crippen molar-refractivity contribution in [2.24, 2.45) is 0 Å². The van der Waals surface area contributed by atoms with Gasteiger partial charge in [0.25, 0.3) is 0 Å². The summed E-state index contributed by atoms with van der Waals surface area (Å²) < 4.78 is 6.05. The lowest BCUT2D eigenvalue weighted by Crippen LogP contribution is -2.31. The van der Waals surface area contributed by atoms with Gasteiger partial charge < -0.3 is 14.9 Å². The van der Waals surface area contributed by atoms with Crippen molar-refractivity contribution in [3.05, 3.63) is 35.4 Å². The van der Waals surface area contributed by atoms with Crippen LogP contribution in [0.5, 0.6) is 11.5 Å². The van der Waals surface area contributed by atoms with Crippen molar-refractivity contribution in [2.45, 2.75) is 51.7 Å². The van der Waals surface area contributed by atoms with Crippen LogP contribution in [0.25, 0.3) is 10.8 Å². The molecule has 112 valence electrons. The molecule has 0 aliphatic heterocycles. The summed E-state index contributed by atoms with van der Waals surface area (Å²) in [4.78, 5) is 0. The monoisotopic (exact) mass is 286 g/mol. The molecule has 21 heavy (non-hydrogen) atoms. The molecule has 0 saturated carbocycles. The molecule has 1 aliphatic carbocycles. The summed E-state index contributed by atoms with van der Waals surface area (Å²) in [6, 6.07) is 7.45. The molecule has 3 nitrogen and oxygen atoms in total. The van der Waals surface area contributed by atoms with Gasteiger partial charge in [-0.1, -0.05) is 24.3 Å². The van der Waals surface area contributed by atoms with Crippen LogP contribution in [0.1, 0.15) is 38.3 Å². The van der Waals surface area contributed by atoms with E-state index in [0.29, 0.717) is 23.3 Å². The first-order valence-corrected chi connectivity index (χ1v) is 7.49. The van der Waals surface area contributed by atoms with Gasteiger partial charge in [0, 0.05) is 28.3 Å². The largest absolute Gasteiger partial charge is 0.507 e. The molecular weight excluding hydrogens is 264 g/mol. The van der Waals surface area contributed by atoms with Crippen LogP contribution in [-0.2, 0) is 17.6 Å². The summed E-state index contributed by atoms with van der Waals surface area (Å²) >= 11 is 0. The molecular formula is C18H22O3. The Kier molecular flexibility index (Phi) is 3.33. The second-order valence-corrected chi connectivity index (χ2v) is 6.79. The lowest BCUT2D eigenvalue weighted by molar-refractivity contribution is -0.0646. The molecule has 0 amide bonds. The van der Waals surface area contributed by atoms with E-state index < -0.39 is 0 Å². The third kappa shape index (κ3) is 2.58. The summed E-state index contributed by atoms with van der Waals surface area (Å²) in [5.74, 6) is 0.605. The van der Waals surface area contributed by atoms with Gasteiger partial charge in [-0.2, -0.15) is 0 Å². The van der Waals surface area contributed by atoms with Gasteiger partial charge in [0.15, 0.2) is 0 Å². The Morgan fingerprint density at radius 1 is 1.00 bits per heavy atom. The second-order valence-electron chi connectivity index (χ2n) is 6.79. The van der Waals surface area contributed by atoms with Crippen LogP contribution in [0.4, 0.5) is 0 Å². The van der Waals surface area contributed by atoms with E-state index in [1.165, 1.54) is 0 Å². The van der Waals surface area contributed by atoms with E-state index in [1.54, 1.807) is 0 Å². The van der Waals surface area contributed by atoms with Crippen molar-refractivity contribution in [3.8, 4) is 11.5 Å². The van der Waals surface area contributed by atoms with E-state index in [0.717, 1.165) is 29.4 Å². The summed E-state index contributed by atoms with van der Waals surface area (Å²) in [5.41, 5.74) is 1.52. The van der Waals surface area contributed by atoms with E-state index in [-0.39, 0.29) is 11.7 Å². The minimum Gasteiger partial charge on any atom is -0.507 e. The minimum atomic E-state index is -0.198. The van der Waals surface area contributed by atoms with Crippen molar-refractivity contribution in [3.63, 3.8) is 0 Å². The van der Waals surface area contributed by atoms with Gasteiger partial charge in [-0.15, -0.1) is 0 Å². The number of hydrogen-bond acceptors (Lipinski definition) is 3. The van der Waals surface area contributed by atoms with Crippen LogP contribution in [0.2, 0.25) is 0 Å². The average molecular weight is 286 g/mol. The molecule has 0 aromatic heterocycles. The summed E-state index contributed by atoms with van der Waals surface area (Å²) in [5, 5.41) is 22.5. The fraction of sp³-hybridized carbons (Fsp3) is 0.444. The lowest BCUT2D eigenvalue weighted by Gasteiger charge is -2.32. The normalized spacial score (nSPS) is 18.7. The average Bonchev–Trinajstić information content (AvgIpc) is 2.43. The first-order chi connectivity index (χ1) is 9.87. The van der Waals surface area contributed by atoms with Crippen LogP contribution in [0, 0.1) is 0 Å². The van der Waals surface area contributed by atoms with Gasteiger partial charge in [0.2, 0.25) is 0 Å². The third-order valence-corrected chi connectivity index (χ3v) is 4.04. The van der Waals surface area contributed by atoms with Crippen molar-refractivity contribution >= 4 is 10.8 Å². The molecule has 0 heterocycles. The van der Waals surface area contributed by atoms with Crippen LogP contribution >= 0.6 is 0 Å². The molecule has 0 bridgehead atoms. The zero-order chi connectivity index (χ0) is 15.2. The standard InChI is InChI=1S/C18H22O3/c1-18(2,3)21-11-8-9-14-15(10-11)17(20)13-7-5-4-6-12(13)16(14)19/h4-7,11,19-20H,8-10H2,1-3H3. The highest BCUT2D eigenvalue weighted by molar-refractivity contribution is 5.95. The number of hydrogen-bond donors (Lipinski definition) is 2. The second kappa shape index (κ2) is 4.92. The fourth-order valence-electron chi connectivity index (χ4n) is 3.23. The van der Waals surface area contributed by atoms with E-state index >= 15 is 0 Å².